The van der Waals surface area contributed by atoms with Gasteiger partial charge >= 0.3 is 6.18 Å². The highest BCUT2D eigenvalue weighted by Crippen LogP contribution is 2.34. The second-order valence-corrected chi connectivity index (χ2v) is 7.54. The van der Waals surface area contributed by atoms with E-state index in [2.05, 4.69) is 20.4 Å². The number of halogens is 5. The van der Waals surface area contributed by atoms with Gasteiger partial charge < -0.3 is 10.5 Å². The number of tetrazole rings is 1. The summed E-state index contributed by atoms with van der Waals surface area (Å²) in [5, 5.41) is 9.86. The summed E-state index contributed by atoms with van der Waals surface area (Å²) in [5.74, 6) is -0.595. The molecule has 2 N–H and O–H groups in total. The lowest BCUT2D eigenvalue weighted by molar-refractivity contribution is -0.146. The van der Waals surface area contributed by atoms with Crippen LogP contribution in [0.2, 0.25) is 0 Å². The Morgan fingerprint density at radius 1 is 1.12 bits per heavy atom. The first-order chi connectivity index (χ1) is 14.9. The summed E-state index contributed by atoms with van der Waals surface area (Å²) in [7, 11) is 1.54. The molecule has 0 amide bonds. The Morgan fingerprint density at radius 3 is 2.52 bits per heavy atom. The molecular formula is C21H25Cl2F3N6O. The predicted molar refractivity (Wildman–Crippen MR) is 122 cm³/mol. The van der Waals surface area contributed by atoms with E-state index in [0.717, 1.165) is 30.5 Å². The summed E-state index contributed by atoms with van der Waals surface area (Å²) in [6.07, 6.45) is -2.81. The summed E-state index contributed by atoms with van der Waals surface area (Å²) >= 11 is 0. The third-order valence-electron chi connectivity index (χ3n) is 5.53. The number of ether oxygens (including phenoxy) is 1. The van der Waals surface area contributed by atoms with Crippen LogP contribution >= 0.6 is 24.8 Å². The number of hydrogen-bond donors (Lipinski definition) is 1. The minimum absolute atomic E-state index is 0. The Kier molecular flexibility index (Phi) is 9.07. The summed E-state index contributed by atoms with van der Waals surface area (Å²) in [6.45, 7) is 1.28. The van der Waals surface area contributed by atoms with E-state index in [1.54, 1.807) is 12.1 Å². The zero-order valence-electron chi connectivity index (χ0n) is 17.8. The maximum atomic E-state index is 13.3. The maximum absolute atomic E-state index is 13.3. The van der Waals surface area contributed by atoms with Gasteiger partial charge in [0, 0.05) is 18.2 Å². The molecule has 0 bridgehead atoms. The number of hydrogen-bond acceptors (Lipinski definition) is 6. The molecule has 1 aliphatic heterocycles. The van der Waals surface area contributed by atoms with Crippen LogP contribution in [-0.4, -0.2) is 44.8 Å². The highest BCUT2D eigenvalue weighted by Gasteiger charge is 2.38. The summed E-state index contributed by atoms with van der Waals surface area (Å²) in [4.78, 5) is 2.25. The number of nitrogens with two attached hydrogens (primary N) is 1. The largest absolute Gasteiger partial charge is 0.496 e. The van der Waals surface area contributed by atoms with Crippen LogP contribution < -0.4 is 10.5 Å². The molecule has 12 heteroatoms. The van der Waals surface area contributed by atoms with Gasteiger partial charge in [-0.25, -0.2) is 0 Å². The molecule has 2 aromatic carbocycles. The molecule has 7 nitrogen and oxygen atoms in total. The molecule has 3 aromatic rings. The average molecular weight is 505 g/mol. The zero-order chi connectivity index (χ0) is 22.0. The lowest BCUT2D eigenvalue weighted by Crippen LogP contribution is -2.45. The Hall–Kier alpha value is -2.40. The molecule has 1 saturated heterocycles. The van der Waals surface area contributed by atoms with E-state index in [-0.39, 0.29) is 42.6 Å². The molecular weight excluding hydrogens is 480 g/mol. The van der Waals surface area contributed by atoms with Gasteiger partial charge in [0.25, 0.3) is 5.82 Å². The fourth-order valence-corrected chi connectivity index (χ4v) is 4.16. The molecule has 180 valence electrons. The predicted octanol–water partition coefficient (Wildman–Crippen LogP) is 4.20. The third-order valence-corrected chi connectivity index (χ3v) is 5.53. The quantitative estimate of drug-likeness (QED) is 0.560. The first kappa shape index (κ1) is 26.8. The Balaban J connectivity index is 0.00000193. The van der Waals surface area contributed by atoms with Crippen molar-refractivity contribution in [2.75, 3.05) is 13.7 Å². The van der Waals surface area contributed by atoms with Gasteiger partial charge in [-0.2, -0.15) is 17.9 Å². The molecule has 1 aromatic heterocycles. The van der Waals surface area contributed by atoms with E-state index in [1.165, 1.54) is 13.2 Å². The average Bonchev–Trinajstić information content (AvgIpc) is 3.25. The SMILES string of the molecule is COc1ccc(-n2nnnc2C(F)(F)F)cc1CN1CCC[C@H](N)[C@@H]1c1ccccc1.Cl.Cl. The van der Waals surface area contributed by atoms with Crippen LogP contribution in [-0.2, 0) is 12.7 Å². The zero-order valence-corrected chi connectivity index (χ0v) is 19.4. The van der Waals surface area contributed by atoms with Gasteiger partial charge in [-0.3, -0.25) is 4.90 Å². The molecule has 33 heavy (non-hydrogen) atoms. The summed E-state index contributed by atoms with van der Waals surface area (Å²) < 4.78 is 46.0. The molecule has 0 saturated carbocycles. The van der Waals surface area contributed by atoms with Gasteiger partial charge in [-0.15, -0.1) is 29.9 Å². The fourth-order valence-electron chi connectivity index (χ4n) is 4.16. The molecule has 4 rings (SSSR count). The van der Waals surface area contributed by atoms with Crippen molar-refractivity contribution in [1.82, 2.24) is 25.1 Å². The molecule has 0 aliphatic carbocycles. The first-order valence-electron chi connectivity index (χ1n) is 9.96. The van der Waals surface area contributed by atoms with E-state index in [4.69, 9.17) is 10.5 Å². The minimum Gasteiger partial charge on any atom is -0.496 e. The van der Waals surface area contributed by atoms with Gasteiger partial charge in [0.1, 0.15) is 5.75 Å². The second-order valence-electron chi connectivity index (χ2n) is 7.54. The first-order valence-corrected chi connectivity index (χ1v) is 9.96. The molecule has 2 atom stereocenters. The van der Waals surface area contributed by atoms with Gasteiger partial charge in [0.05, 0.1) is 18.8 Å². The van der Waals surface area contributed by atoms with Crippen LogP contribution in [0, 0.1) is 0 Å². The Bertz CT molecular complexity index is 1030. The van der Waals surface area contributed by atoms with E-state index >= 15 is 0 Å². The molecule has 0 spiro atoms. The normalized spacial score (nSPS) is 18.8. The Morgan fingerprint density at radius 2 is 1.85 bits per heavy atom. The van der Waals surface area contributed by atoms with Crippen molar-refractivity contribution < 1.29 is 17.9 Å². The van der Waals surface area contributed by atoms with E-state index in [1.807, 2.05) is 30.3 Å². The number of benzene rings is 2. The number of piperidine rings is 1. The van der Waals surface area contributed by atoms with Crippen molar-refractivity contribution in [3.63, 3.8) is 0 Å². The molecule has 0 unspecified atom stereocenters. The monoisotopic (exact) mass is 504 g/mol. The number of alkyl halides is 3. The van der Waals surface area contributed by atoms with Crippen LogP contribution in [0.15, 0.2) is 48.5 Å². The van der Waals surface area contributed by atoms with Crippen LogP contribution in [0.4, 0.5) is 13.2 Å². The highest BCUT2D eigenvalue weighted by molar-refractivity contribution is 5.85. The second kappa shape index (κ2) is 11.1. The number of nitrogens with zero attached hydrogens (tertiary/aromatic N) is 5. The number of methoxy groups -OCH3 is 1. The smallest absolute Gasteiger partial charge is 0.453 e. The minimum atomic E-state index is -4.67. The summed E-state index contributed by atoms with van der Waals surface area (Å²) in [5.41, 5.74) is 8.54. The molecule has 1 fully saturated rings. The highest BCUT2D eigenvalue weighted by atomic mass is 35.5. The molecule has 1 aliphatic rings. The Labute approximate surface area is 201 Å². The van der Waals surface area contributed by atoms with Crippen LogP contribution in [0.1, 0.15) is 35.8 Å². The maximum Gasteiger partial charge on any atom is 0.453 e. The van der Waals surface area contributed by atoms with Crippen molar-refractivity contribution in [2.45, 2.75) is 37.6 Å². The topological polar surface area (TPSA) is 82.1 Å². The molecule has 0 radical (unpaired) electrons. The number of rotatable bonds is 5. The van der Waals surface area contributed by atoms with Crippen molar-refractivity contribution in [3.8, 4) is 11.4 Å². The number of likely N-dealkylation sites (tertiary alicyclic amines) is 1. The van der Waals surface area contributed by atoms with Gasteiger partial charge in [0.2, 0.25) is 0 Å². The third kappa shape index (κ3) is 5.75. The van der Waals surface area contributed by atoms with Crippen LogP contribution in [0.5, 0.6) is 5.75 Å². The van der Waals surface area contributed by atoms with E-state index < -0.39 is 12.0 Å². The lowest BCUT2D eigenvalue weighted by Gasteiger charge is -2.40. The van der Waals surface area contributed by atoms with Gasteiger partial charge in [-0.1, -0.05) is 30.3 Å². The van der Waals surface area contributed by atoms with Gasteiger partial charge in [0.15, 0.2) is 0 Å². The summed E-state index contributed by atoms with van der Waals surface area (Å²) in [6, 6.07) is 14.7. The van der Waals surface area contributed by atoms with Crippen molar-refractivity contribution in [2.24, 2.45) is 5.73 Å². The van der Waals surface area contributed by atoms with Crippen molar-refractivity contribution >= 4 is 24.8 Å². The lowest BCUT2D eigenvalue weighted by atomic mass is 9.90. The van der Waals surface area contributed by atoms with Gasteiger partial charge in [-0.05, 0) is 53.6 Å². The van der Waals surface area contributed by atoms with Crippen LogP contribution in [0.3, 0.4) is 0 Å². The fraction of sp³-hybridized carbons (Fsp3) is 0.381. The van der Waals surface area contributed by atoms with Crippen LogP contribution in [0.25, 0.3) is 5.69 Å². The number of aromatic nitrogens is 4. The van der Waals surface area contributed by atoms with E-state index in [0.29, 0.717) is 17.0 Å². The molecule has 2 heterocycles. The van der Waals surface area contributed by atoms with Crippen molar-refractivity contribution in [3.05, 3.63) is 65.5 Å². The standard InChI is InChI=1S/C21H23F3N6O.2ClH/c1-31-18-10-9-16(30-20(21(22,23)24)26-27-28-30)12-15(18)13-29-11-5-8-17(25)19(29)14-6-3-2-4-7-14;;/h2-4,6-7,9-10,12,17,19H,5,8,11,13,25H2,1H3;2*1H/t17-,19-;;/m0../s1. The van der Waals surface area contributed by atoms with E-state index in [9.17, 15) is 13.2 Å². The van der Waals surface area contributed by atoms with Crippen molar-refractivity contribution in [1.29, 1.82) is 0 Å².